The van der Waals surface area contributed by atoms with Crippen LogP contribution < -0.4 is 0 Å². The van der Waals surface area contributed by atoms with Crippen LogP contribution in [-0.4, -0.2) is 30.6 Å². The lowest BCUT2D eigenvalue weighted by atomic mass is 10.1. The van der Waals surface area contributed by atoms with Crippen LogP contribution in [0, 0.1) is 0 Å². The summed E-state index contributed by atoms with van der Waals surface area (Å²) in [6, 6.07) is 0. The third kappa shape index (κ3) is 3.42. The summed E-state index contributed by atoms with van der Waals surface area (Å²) in [5.41, 5.74) is 0. The summed E-state index contributed by atoms with van der Waals surface area (Å²) in [6.07, 6.45) is 8.05. The average molecular weight is 293 g/mol. The summed E-state index contributed by atoms with van der Waals surface area (Å²) < 4.78 is 17.4. The molecule has 0 aromatic carbocycles. The van der Waals surface area contributed by atoms with Crippen molar-refractivity contribution in [2.24, 2.45) is 0 Å². The van der Waals surface area contributed by atoms with Gasteiger partial charge in [0, 0.05) is 11.8 Å². The number of unbranched alkanes of at least 4 members (excludes halogenated alkanes) is 1. The van der Waals surface area contributed by atoms with E-state index in [1.807, 2.05) is 0 Å². The molecule has 0 radical (unpaired) electrons. The SMILES string of the molecule is BrCCCCC1CCOC2(CCCCO2)O1. The van der Waals surface area contributed by atoms with Crippen molar-refractivity contribution in [1.29, 1.82) is 0 Å². The molecule has 2 heterocycles. The van der Waals surface area contributed by atoms with Crippen molar-refractivity contribution < 1.29 is 14.2 Å². The summed E-state index contributed by atoms with van der Waals surface area (Å²) >= 11 is 3.45. The van der Waals surface area contributed by atoms with Crippen LogP contribution in [0.4, 0.5) is 0 Å². The molecule has 2 unspecified atom stereocenters. The normalized spacial score (nSPS) is 35.4. The highest BCUT2D eigenvalue weighted by atomic mass is 79.9. The Balaban J connectivity index is 1.78. The quantitative estimate of drug-likeness (QED) is 0.588. The number of hydrogen-bond acceptors (Lipinski definition) is 3. The molecule has 1 spiro atoms. The minimum Gasteiger partial charge on any atom is -0.327 e. The van der Waals surface area contributed by atoms with Gasteiger partial charge in [0.1, 0.15) is 0 Å². The minimum atomic E-state index is -0.685. The average Bonchev–Trinajstić information content (AvgIpc) is 2.31. The van der Waals surface area contributed by atoms with Crippen molar-refractivity contribution in [2.45, 2.75) is 57.0 Å². The van der Waals surface area contributed by atoms with Crippen LogP contribution in [-0.2, 0) is 14.2 Å². The first-order valence-electron chi connectivity index (χ1n) is 6.36. The zero-order valence-corrected chi connectivity index (χ0v) is 11.3. The lowest BCUT2D eigenvalue weighted by Gasteiger charge is -2.42. The fourth-order valence-corrected chi connectivity index (χ4v) is 2.71. The van der Waals surface area contributed by atoms with E-state index in [1.165, 1.54) is 12.8 Å². The van der Waals surface area contributed by atoms with Gasteiger partial charge >= 0.3 is 0 Å². The van der Waals surface area contributed by atoms with Crippen molar-refractivity contribution in [3.05, 3.63) is 0 Å². The van der Waals surface area contributed by atoms with Crippen LogP contribution in [0.25, 0.3) is 0 Å². The van der Waals surface area contributed by atoms with Gasteiger partial charge in [-0.25, -0.2) is 0 Å². The molecule has 2 aliphatic rings. The molecule has 2 rings (SSSR count). The van der Waals surface area contributed by atoms with Gasteiger partial charge in [0.05, 0.1) is 19.3 Å². The molecule has 0 aliphatic carbocycles. The van der Waals surface area contributed by atoms with Crippen LogP contribution in [0.15, 0.2) is 0 Å². The van der Waals surface area contributed by atoms with Gasteiger partial charge < -0.3 is 14.2 Å². The van der Waals surface area contributed by atoms with Gasteiger partial charge in [0.15, 0.2) is 0 Å². The highest BCUT2D eigenvalue weighted by molar-refractivity contribution is 9.09. The molecule has 2 aliphatic heterocycles. The van der Waals surface area contributed by atoms with E-state index in [9.17, 15) is 0 Å². The number of halogens is 1. The van der Waals surface area contributed by atoms with E-state index in [0.717, 1.165) is 50.6 Å². The molecular formula is C12H21BrO3. The summed E-state index contributed by atoms with van der Waals surface area (Å²) in [4.78, 5) is 0. The first-order chi connectivity index (χ1) is 7.85. The Hall–Kier alpha value is 0.360. The van der Waals surface area contributed by atoms with E-state index < -0.39 is 5.97 Å². The van der Waals surface area contributed by atoms with Gasteiger partial charge in [0.25, 0.3) is 5.97 Å². The minimum absolute atomic E-state index is 0.325. The Kier molecular flexibility index (Phi) is 5.07. The van der Waals surface area contributed by atoms with Gasteiger partial charge in [-0.15, -0.1) is 0 Å². The molecule has 2 fully saturated rings. The second-order valence-corrected chi connectivity index (χ2v) is 5.34. The first kappa shape index (κ1) is 12.8. The largest absolute Gasteiger partial charge is 0.327 e. The summed E-state index contributed by atoms with van der Waals surface area (Å²) in [7, 11) is 0. The second kappa shape index (κ2) is 6.34. The molecule has 2 saturated heterocycles. The zero-order valence-electron chi connectivity index (χ0n) is 9.75. The van der Waals surface area contributed by atoms with E-state index in [4.69, 9.17) is 14.2 Å². The van der Waals surface area contributed by atoms with Crippen LogP contribution in [0.3, 0.4) is 0 Å². The van der Waals surface area contributed by atoms with Crippen molar-refractivity contribution in [3.63, 3.8) is 0 Å². The van der Waals surface area contributed by atoms with Gasteiger partial charge in [-0.2, -0.15) is 0 Å². The Morgan fingerprint density at radius 2 is 2.00 bits per heavy atom. The van der Waals surface area contributed by atoms with Crippen LogP contribution >= 0.6 is 15.9 Å². The van der Waals surface area contributed by atoms with E-state index >= 15 is 0 Å². The second-order valence-electron chi connectivity index (χ2n) is 4.55. The Bertz CT molecular complexity index is 199. The zero-order chi connectivity index (χ0) is 11.3. The van der Waals surface area contributed by atoms with Gasteiger partial charge in [-0.3, -0.25) is 0 Å². The van der Waals surface area contributed by atoms with E-state index in [-0.39, 0.29) is 0 Å². The highest BCUT2D eigenvalue weighted by Crippen LogP contribution is 2.34. The molecule has 0 bridgehead atoms. The van der Waals surface area contributed by atoms with Gasteiger partial charge in [-0.05, 0) is 32.1 Å². The molecule has 4 heteroatoms. The molecule has 0 N–H and O–H groups in total. The van der Waals surface area contributed by atoms with E-state index in [0.29, 0.717) is 6.10 Å². The van der Waals surface area contributed by atoms with Crippen LogP contribution in [0.1, 0.15) is 44.9 Å². The fraction of sp³-hybridized carbons (Fsp3) is 1.00. The summed E-state index contributed by atoms with van der Waals surface area (Å²) in [5, 5.41) is 1.08. The molecule has 3 nitrogen and oxygen atoms in total. The third-order valence-corrected chi connectivity index (χ3v) is 3.78. The van der Waals surface area contributed by atoms with Crippen molar-refractivity contribution >= 4 is 15.9 Å². The molecule has 0 amide bonds. The fourth-order valence-electron chi connectivity index (χ4n) is 2.31. The molecule has 16 heavy (non-hydrogen) atoms. The number of alkyl halides is 1. The smallest absolute Gasteiger partial charge is 0.283 e. The monoisotopic (exact) mass is 292 g/mol. The topological polar surface area (TPSA) is 27.7 Å². The Morgan fingerprint density at radius 1 is 1.12 bits per heavy atom. The Labute approximate surface area is 106 Å². The Morgan fingerprint density at radius 3 is 2.75 bits per heavy atom. The molecular weight excluding hydrogens is 272 g/mol. The third-order valence-electron chi connectivity index (χ3n) is 3.22. The van der Waals surface area contributed by atoms with Crippen molar-refractivity contribution in [2.75, 3.05) is 18.5 Å². The van der Waals surface area contributed by atoms with Crippen LogP contribution in [0.5, 0.6) is 0 Å². The number of hydrogen-bond donors (Lipinski definition) is 0. The maximum absolute atomic E-state index is 6.00. The van der Waals surface area contributed by atoms with E-state index in [2.05, 4.69) is 15.9 Å². The predicted molar refractivity (Wildman–Crippen MR) is 65.6 cm³/mol. The van der Waals surface area contributed by atoms with Gasteiger partial charge in [-0.1, -0.05) is 22.4 Å². The number of rotatable bonds is 4. The summed E-state index contributed by atoms with van der Waals surface area (Å²) in [5.74, 6) is -0.685. The maximum atomic E-state index is 6.00. The molecule has 0 aromatic rings. The molecule has 0 aromatic heterocycles. The predicted octanol–water partition coefficient (Wildman–Crippen LogP) is 3.21. The number of ether oxygens (including phenoxy) is 3. The summed E-state index contributed by atoms with van der Waals surface area (Å²) in [6.45, 7) is 1.55. The molecule has 0 saturated carbocycles. The lowest BCUT2D eigenvalue weighted by molar-refractivity contribution is -0.426. The molecule has 2 atom stereocenters. The first-order valence-corrected chi connectivity index (χ1v) is 7.48. The van der Waals surface area contributed by atoms with Crippen molar-refractivity contribution in [3.8, 4) is 0 Å². The van der Waals surface area contributed by atoms with Gasteiger partial charge in [0.2, 0.25) is 0 Å². The standard InChI is InChI=1S/C12H21BrO3/c13-8-3-1-5-11-6-10-15-12(16-11)7-2-4-9-14-12/h11H,1-10H2. The van der Waals surface area contributed by atoms with Crippen molar-refractivity contribution in [1.82, 2.24) is 0 Å². The molecule has 94 valence electrons. The van der Waals surface area contributed by atoms with E-state index in [1.54, 1.807) is 0 Å². The maximum Gasteiger partial charge on any atom is 0.283 e. The lowest BCUT2D eigenvalue weighted by Crippen LogP contribution is -2.48. The van der Waals surface area contributed by atoms with Crippen LogP contribution in [0.2, 0.25) is 0 Å². The highest BCUT2D eigenvalue weighted by Gasteiger charge is 2.40.